The number of unbranched alkanes of at least 4 members (excludes halogenated alkanes) is 1. The average Bonchev–Trinajstić information content (AvgIpc) is 2.75. The van der Waals surface area contributed by atoms with Crippen LogP contribution in [0.15, 0.2) is 36.4 Å². The minimum absolute atomic E-state index is 0. The average molecular weight is 425 g/mol. The zero-order valence-electron chi connectivity index (χ0n) is 17.6. The highest BCUT2D eigenvalue weighted by atomic mass is 35.5. The summed E-state index contributed by atoms with van der Waals surface area (Å²) in [6.07, 6.45) is 3.76. The summed E-state index contributed by atoms with van der Waals surface area (Å²) in [5, 5.41) is 0. The molecule has 4 N–H and O–H groups in total. The summed E-state index contributed by atoms with van der Waals surface area (Å²) in [5.74, 6) is 2.82. The maximum Gasteiger partial charge on any atom is 0.161 e. The molecule has 29 heavy (non-hydrogen) atoms. The molecule has 0 aliphatic rings. The Hall–Kier alpha value is -2.15. The van der Waals surface area contributed by atoms with Crippen LogP contribution in [0.25, 0.3) is 0 Å². The number of benzene rings is 2. The van der Waals surface area contributed by atoms with Gasteiger partial charge in [0.25, 0.3) is 0 Å². The molecule has 0 aliphatic heterocycles. The van der Waals surface area contributed by atoms with Crippen LogP contribution in [0.1, 0.15) is 48.9 Å². The predicted octanol–water partition coefficient (Wildman–Crippen LogP) is 4.40. The summed E-state index contributed by atoms with van der Waals surface area (Å²) in [4.78, 5) is 0. The molecule has 2 rings (SSSR count). The molecule has 7 heteroatoms. The molecular formula is C22H33ClN2O4. The Bertz CT molecular complexity index is 694. The fraction of sp³-hybridized carbons (Fsp3) is 0.455. The molecule has 0 heterocycles. The van der Waals surface area contributed by atoms with E-state index < -0.39 is 0 Å². The summed E-state index contributed by atoms with van der Waals surface area (Å²) in [6, 6.07) is 11.6. The Morgan fingerprint density at radius 3 is 1.28 bits per heavy atom. The summed E-state index contributed by atoms with van der Waals surface area (Å²) in [7, 11) is 6.50. The van der Waals surface area contributed by atoms with E-state index in [1.165, 1.54) is 0 Å². The molecule has 2 atom stereocenters. The van der Waals surface area contributed by atoms with E-state index in [0.717, 1.165) is 36.8 Å². The molecule has 0 amide bonds. The van der Waals surface area contributed by atoms with E-state index in [4.69, 9.17) is 30.4 Å². The Kier molecular flexibility index (Phi) is 10.7. The van der Waals surface area contributed by atoms with Crippen molar-refractivity contribution in [2.45, 2.75) is 37.8 Å². The zero-order valence-corrected chi connectivity index (χ0v) is 18.5. The van der Waals surface area contributed by atoms with Crippen molar-refractivity contribution in [3.63, 3.8) is 0 Å². The first-order valence-corrected chi connectivity index (χ1v) is 9.49. The lowest BCUT2D eigenvalue weighted by Crippen LogP contribution is -2.12. The van der Waals surface area contributed by atoms with Crippen LogP contribution in [0.2, 0.25) is 0 Å². The van der Waals surface area contributed by atoms with Gasteiger partial charge >= 0.3 is 0 Å². The summed E-state index contributed by atoms with van der Waals surface area (Å²) in [5.41, 5.74) is 14.8. The second kappa shape index (κ2) is 12.4. The third kappa shape index (κ3) is 6.70. The van der Waals surface area contributed by atoms with Crippen LogP contribution < -0.4 is 30.4 Å². The van der Waals surface area contributed by atoms with Crippen molar-refractivity contribution in [3.05, 3.63) is 47.5 Å². The van der Waals surface area contributed by atoms with E-state index in [1.54, 1.807) is 28.4 Å². The molecule has 0 radical (unpaired) electrons. The number of halogens is 1. The third-order valence-electron chi connectivity index (χ3n) is 4.95. The third-order valence-corrected chi connectivity index (χ3v) is 4.95. The molecule has 6 nitrogen and oxygen atoms in total. The van der Waals surface area contributed by atoms with Crippen molar-refractivity contribution >= 4 is 12.4 Å². The van der Waals surface area contributed by atoms with E-state index in [9.17, 15) is 0 Å². The van der Waals surface area contributed by atoms with E-state index in [-0.39, 0.29) is 24.5 Å². The smallest absolute Gasteiger partial charge is 0.161 e. The monoisotopic (exact) mass is 424 g/mol. The lowest BCUT2D eigenvalue weighted by Gasteiger charge is -2.17. The van der Waals surface area contributed by atoms with Gasteiger partial charge in [-0.1, -0.05) is 25.0 Å². The predicted molar refractivity (Wildman–Crippen MR) is 119 cm³/mol. The minimum Gasteiger partial charge on any atom is -0.493 e. The van der Waals surface area contributed by atoms with Gasteiger partial charge < -0.3 is 30.4 Å². The van der Waals surface area contributed by atoms with Crippen LogP contribution in [0.5, 0.6) is 23.0 Å². The van der Waals surface area contributed by atoms with Crippen LogP contribution in [0.3, 0.4) is 0 Å². The fourth-order valence-corrected chi connectivity index (χ4v) is 3.23. The van der Waals surface area contributed by atoms with Crippen LogP contribution in [-0.2, 0) is 0 Å². The molecule has 0 fully saturated rings. The minimum atomic E-state index is -0.0443. The second-order valence-corrected chi connectivity index (χ2v) is 6.73. The van der Waals surface area contributed by atoms with Crippen LogP contribution >= 0.6 is 12.4 Å². The summed E-state index contributed by atoms with van der Waals surface area (Å²) >= 11 is 0. The highest BCUT2D eigenvalue weighted by Crippen LogP contribution is 2.32. The first kappa shape index (κ1) is 24.9. The van der Waals surface area contributed by atoms with Crippen molar-refractivity contribution in [1.29, 1.82) is 0 Å². The zero-order chi connectivity index (χ0) is 20.5. The van der Waals surface area contributed by atoms with E-state index in [2.05, 4.69) is 0 Å². The van der Waals surface area contributed by atoms with Gasteiger partial charge in [0.1, 0.15) is 0 Å². The quantitative estimate of drug-likeness (QED) is 0.519. The molecular weight excluding hydrogens is 392 g/mol. The van der Waals surface area contributed by atoms with Crippen LogP contribution in [-0.4, -0.2) is 28.4 Å². The SMILES string of the molecule is COc1ccc(C(N)CCCCC(N)c2ccc(OC)c(OC)c2)cc1OC.Cl. The maximum atomic E-state index is 6.35. The Morgan fingerprint density at radius 1 is 0.621 bits per heavy atom. The molecule has 0 bridgehead atoms. The molecule has 0 saturated carbocycles. The Morgan fingerprint density at radius 2 is 0.966 bits per heavy atom. The largest absolute Gasteiger partial charge is 0.493 e. The van der Waals surface area contributed by atoms with E-state index in [0.29, 0.717) is 23.0 Å². The van der Waals surface area contributed by atoms with E-state index in [1.807, 2.05) is 36.4 Å². The molecule has 2 aromatic rings. The molecule has 0 aliphatic carbocycles. The van der Waals surface area contributed by atoms with Gasteiger partial charge in [-0.05, 0) is 48.2 Å². The Balaban J connectivity index is 0.00000420. The molecule has 2 unspecified atom stereocenters. The van der Waals surface area contributed by atoms with Crippen molar-refractivity contribution in [2.75, 3.05) is 28.4 Å². The molecule has 0 saturated heterocycles. The van der Waals surface area contributed by atoms with Gasteiger partial charge in [0, 0.05) is 12.1 Å². The van der Waals surface area contributed by atoms with E-state index >= 15 is 0 Å². The van der Waals surface area contributed by atoms with Crippen molar-refractivity contribution in [2.24, 2.45) is 11.5 Å². The number of hydrogen-bond acceptors (Lipinski definition) is 6. The first-order chi connectivity index (χ1) is 13.5. The van der Waals surface area contributed by atoms with Gasteiger partial charge in [-0.3, -0.25) is 0 Å². The number of nitrogens with two attached hydrogens (primary N) is 2. The topological polar surface area (TPSA) is 89.0 Å². The van der Waals surface area contributed by atoms with Gasteiger partial charge in [0.05, 0.1) is 28.4 Å². The van der Waals surface area contributed by atoms with Gasteiger partial charge in [-0.15, -0.1) is 12.4 Å². The highest BCUT2D eigenvalue weighted by molar-refractivity contribution is 5.85. The first-order valence-electron chi connectivity index (χ1n) is 9.49. The normalized spacial score (nSPS) is 12.5. The van der Waals surface area contributed by atoms with Gasteiger partial charge in [-0.25, -0.2) is 0 Å². The molecule has 0 aromatic heterocycles. The highest BCUT2D eigenvalue weighted by Gasteiger charge is 2.13. The lowest BCUT2D eigenvalue weighted by atomic mass is 9.97. The van der Waals surface area contributed by atoms with Gasteiger partial charge in [-0.2, -0.15) is 0 Å². The number of rotatable bonds is 11. The van der Waals surface area contributed by atoms with Crippen molar-refractivity contribution < 1.29 is 18.9 Å². The molecule has 162 valence electrons. The lowest BCUT2D eigenvalue weighted by molar-refractivity contribution is 0.354. The van der Waals surface area contributed by atoms with Crippen molar-refractivity contribution in [3.8, 4) is 23.0 Å². The van der Waals surface area contributed by atoms with Gasteiger partial charge in [0.2, 0.25) is 0 Å². The van der Waals surface area contributed by atoms with Crippen LogP contribution in [0.4, 0.5) is 0 Å². The summed E-state index contributed by atoms with van der Waals surface area (Å²) < 4.78 is 21.2. The Labute approximate surface area is 179 Å². The summed E-state index contributed by atoms with van der Waals surface area (Å²) in [6.45, 7) is 0. The second-order valence-electron chi connectivity index (χ2n) is 6.73. The number of ether oxygens (including phenoxy) is 4. The maximum absolute atomic E-state index is 6.35. The molecule has 2 aromatic carbocycles. The number of hydrogen-bond donors (Lipinski definition) is 2. The van der Waals surface area contributed by atoms with Crippen LogP contribution in [0, 0.1) is 0 Å². The fourth-order valence-electron chi connectivity index (χ4n) is 3.23. The number of methoxy groups -OCH3 is 4. The standard InChI is InChI=1S/C22H32N2O4.ClH/c1-25-19-11-9-15(13-21(19)27-3)17(23)7-5-6-8-18(24)16-10-12-20(26-2)22(14-16)28-4;/h9-14,17-18H,5-8,23-24H2,1-4H3;1H. The van der Waals surface area contributed by atoms with Gasteiger partial charge in [0.15, 0.2) is 23.0 Å². The van der Waals surface area contributed by atoms with Crippen molar-refractivity contribution in [1.82, 2.24) is 0 Å². The molecule has 0 spiro atoms.